The van der Waals surface area contributed by atoms with Crippen LogP contribution in [0.15, 0.2) is 82.1 Å². The average molecular weight is 463 g/mol. The fraction of sp³-hybridized carbons (Fsp3) is 0.154. The number of hydrogen-bond acceptors (Lipinski definition) is 4. The molecule has 0 aliphatic carbocycles. The van der Waals surface area contributed by atoms with Gasteiger partial charge in [0.05, 0.1) is 5.69 Å². The van der Waals surface area contributed by atoms with Gasteiger partial charge in [0, 0.05) is 33.3 Å². The summed E-state index contributed by atoms with van der Waals surface area (Å²) in [7, 11) is 0. The van der Waals surface area contributed by atoms with E-state index in [-0.39, 0.29) is 5.91 Å². The lowest BCUT2D eigenvalue weighted by atomic mass is 10.1. The van der Waals surface area contributed by atoms with E-state index in [1.807, 2.05) is 43.3 Å². The van der Waals surface area contributed by atoms with Gasteiger partial charge in [0.2, 0.25) is 5.89 Å². The lowest BCUT2D eigenvalue weighted by molar-refractivity contribution is 0.0951. The summed E-state index contributed by atoms with van der Waals surface area (Å²) in [5, 5.41) is 3.56. The molecule has 0 saturated carbocycles. The van der Waals surface area contributed by atoms with Crippen LogP contribution in [-0.4, -0.2) is 10.9 Å². The van der Waals surface area contributed by atoms with Crippen molar-refractivity contribution >= 4 is 29.3 Å². The van der Waals surface area contributed by atoms with Crippen molar-refractivity contribution in [3.05, 3.63) is 106 Å². The van der Waals surface area contributed by atoms with E-state index in [1.54, 1.807) is 23.9 Å². The molecule has 6 heteroatoms. The van der Waals surface area contributed by atoms with Gasteiger partial charge in [-0.15, -0.1) is 11.8 Å². The zero-order chi connectivity index (χ0) is 22.5. The Morgan fingerprint density at radius 1 is 1.03 bits per heavy atom. The number of carbonyl (C=O) groups is 1. The maximum Gasteiger partial charge on any atom is 0.251 e. The molecule has 0 aliphatic rings. The molecular weight excluding hydrogens is 440 g/mol. The smallest absolute Gasteiger partial charge is 0.251 e. The molecule has 1 heterocycles. The lowest BCUT2D eigenvalue weighted by Crippen LogP contribution is -2.22. The second kappa shape index (κ2) is 10.1. The van der Waals surface area contributed by atoms with Gasteiger partial charge in [0.15, 0.2) is 0 Å². The number of nitrogens with one attached hydrogen (secondary N) is 1. The Balaban J connectivity index is 1.38. The quantitative estimate of drug-likeness (QED) is 0.305. The molecule has 0 saturated heterocycles. The highest BCUT2D eigenvalue weighted by Crippen LogP contribution is 2.28. The molecule has 1 N–H and O–H groups in total. The first kappa shape index (κ1) is 22.2. The Bertz CT molecular complexity index is 1220. The molecule has 4 nitrogen and oxygen atoms in total. The van der Waals surface area contributed by atoms with Crippen LogP contribution in [0, 0.1) is 13.8 Å². The highest BCUT2D eigenvalue weighted by Gasteiger charge is 2.13. The highest BCUT2D eigenvalue weighted by molar-refractivity contribution is 7.98. The normalized spacial score (nSPS) is 10.8. The largest absolute Gasteiger partial charge is 0.441 e. The maximum atomic E-state index is 12.5. The number of oxazole rings is 1. The second-order valence-electron chi connectivity index (χ2n) is 7.51. The summed E-state index contributed by atoms with van der Waals surface area (Å²) in [4.78, 5) is 18.3. The number of carbonyl (C=O) groups excluding carboxylic acids is 1. The van der Waals surface area contributed by atoms with Gasteiger partial charge in [-0.1, -0.05) is 41.4 Å². The van der Waals surface area contributed by atoms with Crippen LogP contribution in [0.25, 0.3) is 11.5 Å². The van der Waals surface area contributed by atoms with E-state index in [4.69, 9.17) is 16.0 Å². The minimum absolute atomic E-state index is 0.143. The van der Waals surface area contributed by atoms with Crippen molar-refractivity contribution in [2.24, 2.45) is 0 Å². The zero-order valence-electron chi connectivity index (χ0n) is 17.9. The zero-order valence-corrected chi connectivity index (χ0v) is 19.5. The standard InChI is InChI=1S/C26H23ClN2O2S/c1-17-6-12-23(13-7-17)32-16-24-18(2)31-26(29-24)21-10-8-20(9-11-21)25(30)28-15-19-4-3-5-22(27)14-19/h3-14H,15-16H2,1-2H3,(H,28,30). The number of nitrogens with zero attached hydrogens (tertiary/aromatic N) is 1. The van der Waals surface area contributed by atoms with E-state index in [2.05, 4.69) is 41.5 Å². The fourth-order valence-corrected chi connectivity index (χ4v) is 4.28. The van der Waals surface area contributed by atoms with E-state index >= 15 is 0 Å². The van der Waals surface area contributed by atoms with E-state index < -0.39 is 0 Å². The lowest BCUT2D eigenvalue weighted by Gasteiger charge is -2.06. The first-order valence-corrected chi connectivity index (χ1v) is 11.6. The molecule has 0 unspecified atom stereocenters. The molecule has 4 rings (SSSR count). The monoisotopic (exact) mass is 462 g/mol. The summed E-state index contributed by atoms with van der Waals surface area (Å²) < 4.78 is 5.89. The molecule has 0 aliphatic heterocycles. The predicted molar refractivity (Wildman–Crippen MR) is 130 cm³/mol. The number of benzene rings is 3. The average Bonchev–Trinajstić information content (AvgIpc) is 3.18. The van der Waals surface area contributed by atoms with Crippen LogP contribution < -0.4 is 5.32 Å². The van der Waals surface area contributed by atoms with Gasteiger partial charge in [0.25, 0.3) is 5.91 Å². The van der Waals surface area contributed by atoms with Crippen LogP contribution in [0.3, 0.4) is 0 Å². The van der Waals surface area contributed by atoms with Crippen LogP contribution in [0.4, 0.5) is 0 Å². The van der Waals surface area contributed by atoms with Gasteiger partial charge in [-0.05, 0) is 67.9 Å². The van der Waals surface area contributed by atoms with Crippen LogP contribution in [0.1, 0.15) is 32.9 Å². The predicted octanol–water partition coefficient (Wildman–Crippen LogP) is 6.83. The Morgan fingerprint density at radius 2 is 1.78 bits per heavy atom. The van der Waals surface area contributed by atoms with Crippen molar-refractivity contribution in [3.63, 3.8) is 0 Å². The SMILES string of the molecule is Cc1ccc(SCc2nc(-c3ccc(C(=O)NCc4cccc(Cl)c4)cc3)oc2C)cc1. The number of rotatable bonds is 7. The number of aryl methyl sites for hydroxylation is 2. The van der Waals surface area contributed by atoms with Crippen molar-refractivity contribution in [2.75, 3.05) is 0 Å². The van der Waals surface area contributed by atoms with Gasteiger partial charge in [-0.2, -0.15) is 0 Å². The van der Waals surface area contributed by atoms with Crippen LogP contribution in [0.5, 0.6) is 0 Å². The Hall–Kier alpha value is -3.02. The number of thioether (sulfide) groups is 1. The molecule has 4 aromatic rings. The minimum Gasteiger partial charge on any atom is -0.441 e. The van der Waals surface area contributed by atoms with Crippen molar-refractivity contribution in [1.29, 1.82) is 0 Å². The van der Waals surface area contributed by atoms with Crippen molar-refractivity contribution in [3.8, 4) is 11.5 Å². The fourth-order valence-electron chi connectivity index (χ4n) is 3.17. The maximum absolute atomic E-state index is 12.5. The van der Waals surface area contributed by atoms with E-state index in [9.17, 15) is 4.79 Å². The summed E-state index contributed by atoms with van der Waals surface area (Å²) in [5.41, 5.74) is 4.54. The van der Waals surface area contributed by atoms with Crippen LogP contribution in [0.2, 0.25) is 5.02 Å². The highest BCUT2D eigenvalue weighted by atomic mass is 35.5. The van der Waals surface area contributed by atoms with Gasteiger partial charge < -0.3 is 9.73 Å². The van der Waals surface area contributed by atoms with E-state index in [0.29, 0.717) is 23.0 Å². The molecule has 0 radical (unpaired) electrons. The number of aromatic nitrogens is 1. The third-order valence-corrected chi connectivity index (χ3v) is 6.28. The molecule has 0 fully saturated rings. The molecule has 0 atom stereocenters. The number of amides is 1. The first-order valence-electron chi connectivity index (χ1n) is 10.3. The van der Waals surface area contributed by atoms with Gasteiger partial charge in [0.1, 0.15) is 5.76 Å². The van der Waals surface area contributed by atoms with E-state index in [0.717, 1.165) is 28.3 Å². The summed E-state index contributed by atoms with van der Waals surface area (Å²) in [6, 6.07) is 23.2. The molecule has 162 valence electrons. The third-order valence-electron chi connectivity index (χ3n) is 5.03. The van der Waals surface area contributed by atoms with Crippen LogP contribution in [-0.2, 0) is 12.3 Å². The van der Waals surface area contributed by atoms with E-state index in [1.165, 1.54) is 10.5 Å². The number of halogens is 1. The minimum atomic E-state index is -0.143. The Labute approximate surface area is 197 Å². The first-order chi connectivity index (χ1) is 15.5. The second-order valence-corrected chi connectivity index (χ2v) is 9.00. The molecule has 1 aromatic heterocycles. The summed E-state index contributed by atoms with van der Waals surface area (Å²) in [5.74, 6) is 1.97. The van der Waals surface area contributed by atoms with Crippen molar-refractivity contribution < 1.29 is 9.21 Å². The summed E-state index contributed by atoms with van der Waals surface area (Å²) in [6.07, 6.45) is 0. The Morgan fingerprint density at radius 3 is 2.50 bits per heavy atom. The number of hydrogen-bond donors (Lipinski definition) is 1. The summed E-state index contributed by atoms with van der Waals surface area (Å²) in [6.45, 7) is 4.43. The molecule has 0 bridgehead atoms. The summed E-state index contributed by atoms with van der Waals surface area (Å²) >= 11 is 7.73. The molecule has 0 spiro atoms. The van der Waals surface area contributed by atoms with Gasteiger partial charge in [-0.3, -0.25) is 4.79 Å². The van der Waals surface area contributed by atoms with Crippen molar-refractivity contribution in [1.82, 2.24) is 10.3 Å². The Kier molecular flexibility index (Phi) is 6.98. The molecule has 3 aromatic carbocycles. The van der Waals surface area contributed by atoms with Gasteiger partial charge in [-0.25, -0.2) is 4.98 Å². The van der Waals surface area contributed by atoms with Crippen molar-refractivity contribution in [2.45, 2.75) is 31.0 Å². The van der Waals surface area contributed by atoms with Gasteiger partial charge >= 0.3 is 0 Å². The molecular formula is C26H23ClN2O2S. The topological polar surface area (TPSA) is 55.1 Å². The molecule has 1 amide bonds. The van der Waals surface area contributed by atoms with Crippen LogP contribution >= 0.6 is 23.4 Å². The molecule has 32 heavy (non-hydrogen) atoms. The third kappa shape index (κ3) is 5.61.